The Morgan fingerprint density at radius 1 is 1.12 bits per heavy atom. The van der Waals surface area contributed by atoms with Crippen molar-refractivity contribution in [3.63, 3.8) is 0 Å². The molecule has 0 spiro atoms. The minimum absolute atomic E-state index is 0.224. The summed E-state index contributed by atoms with van der Waals surface area (Å²) in [5.74, 6) is 1.19. The average molecular weight is 356 g/mol. The predicted octanol–water partition coefficient (Wildman–Crippen LogP) is 2.81. The van der Waals surface area contributed by atoms with Crippen molar-refractivity contribution < 1.29 is 9.84 Å². The fourth-order valence-corrected chi connectivity index (χ4v) is 3.06. The first kappa shape index (κ1) is 17.4. The Labute approximate surface area is 150 Å². The summed E-state index contributed by atoms with van der Waals surface area (Å²) in [6, 6.07) is 15.6. The van der Waals surface area contributed by atoms with E-state index >= 15 is 0 Å². The summed E-state index contributed by atoms with van der Waals surface area (Å²) in [6.07, 6.45) is -0.617. The van der Waals surface area contributed by atoms with E-state index in [1.807, 2.05) is 62.4 Å². The highest BCUT2D eigenvalue weighted by atomic mass is 32.2. The molecular formula is C18H20N4O2S. The van der Waals surface area contributed by atoms with Crippen molar-refractivity contribution in [2.45, 2.75) is 25.1 Å². The first-order chi connectivity index (χ1) is 12.1. The summed E-state index contributed by atoms with van der Waals surface area (Å²) in [5, 5.41) is 22.6. The zero-order chi connectivity index (χ0) is 17.6. The van der Waals surface area contributed by atoms with Gasteiger partial charge in [0, 0.05) is 5.75 Å². The van der Waals surface area contributed by atoms with Crippen LogP contribution in [0.5, 0.6) is 5.75 Å². The third kappa shape index (κ3) is 4.58. The lowest BCUT2D eigenvalue weighted by Crippen LogP contribution is -2.20. The summed E-state index contributed by atoms with van der Waals surface area (Å²) < 4.78 is 7.29. The van der Waals surface area contributed by atoms with E-state index in [1.165, 1.54) is 17.3 Å². The van der Waals surface area contributed by atoms with Crippen LogP contribution in [0.1, 0.15) is 11.1 Å². The van der Waals surface area contributed by atoms with E-state index in [2.05, 4.69) is 15.5 Å². The van der Waals surface area contributed by atoms with Gasteiger partial charge < -0.3 is 9.84 Å². The van der Waals surface area contributed by atoms with Gasteiger partial charge in [0.25, 0.3) is 0 Å². The van der Waals surface area contributed by atoms with Crippen LogP contribution < -0.4 is 4.74 Å². The van der Waals surface area contributed by atoms with E-state index in [1.54, 1.807) is 4.68 Å². The predicted molar refractivity (Wildman–Crippen MR) is 97.3 cm³/mol. The maximum Gasteiger partial charge on any atom is 0.214 e. The molecule has 0 amide bonds. The van der Waals surface area contributed by atoms with Crippen LogP contribution in [-0.4, -0.2) is 43.8 Å². The van der Waals surface area contributed by atoms with Crippen LogP contribution in [0.15, 0.2) is 53.7 Å². The second-order valence-electron chi connectivity index (χ2n) is 5.75. The molecule has 0 aliphatic carbocycles. The lowest BCUT2D eigenvalue weighted by atomic mass is 10.2. The van der Waals surface area contributed by atoms with Crippen molar-refractivity contribution in [2.75, 3.05) is 12.4 Å². The number of hydrogen-bond acceptors (Lipinski definition) is 6. The van der Waals surface area contributed by atoms with Gasteiger partial charge in [-0.3, -0.25) is 0 Å². The summed E-state index contributed by atoms with van der Waals surface area (Å²) in [6.45, 7) is 4.26. The molecule has 0 aliphatic rings. The van der Waals surface area contributed by atoms with Crippen molar-refractivity contribution in [3.05, 3.63) is 59.7 Å². The number of aromatic nitrogens is 4. The van der Waals surface area contributed by atoms with Crippen LogP contribution in [0.2, 0.25) is 0 Å². The second-order valence-corrected chi connectivity index (χ2v) is 6.74. The minimum Gasteiger partial charge on any atom is -0.491 e. The average Bonchev–Trinajstić information content (AvgIpc) is 3.08. The Morgan fingerprint density at radius 2 is 1.88 bits per heavy atom. The van der Waals surface area contributed by atoms with Gasteiger partial charge in [0.1, 0.15) is 12.4 Å². The molecule has 0 saturated carbocycles. The van der Waals surface area contributed by atoms with Gasteiger partial charge in [0.15, 0.2) is 0 Å². The number of rotatable bonds is 7. The highest BCUT2D eigenvalue weighted by Crippen LogP contribution is 2.21. The molecule has 25 heavy (non-hydrogen) atoms. The maximum absolute atomic E-state index is 10.2. The summed E-state index contributed by atoms with van der Waals surface area (Å²) in [5.41, 5.74) is 3.19. The summed E-state index contributed by atoms with van der Waals surface area (Å²) >= 11 is 1.40. The molecular weight excluding hydrogens is 336 g/mol. The molecule has 1 atom stereocenters. The van der Waals surface area contributed by atoms with E-state index in [9.17, 15) is 5.11 Å². The number of thioether (sulfide) groups is 1. The molecule has 0 fully saturated rings. The molecule has 0 unspecified atom stereocenters. The highest BCUT2D eigenvalue weighted by Gasteiger charge is 2.13. The Balaban J connectivity index is 1.56. The van der Waals surface area contributed by atoms with E-state index in [0.717, 1.165) is 17.0 Å². The third-order valence-electron chi connectivity index (χ3n) is 3.65. The number of nitrogens with zero attached hydrogens (tertiary/aromatic N) is 4. The second kappa shape index (κ2) is 8.13. The summed E-state index contributed by atoms with van der Waals surface area (Å²) in [7, 11) is 0. The van der Waals surface area contributed by atoms with Gasteiger partial charge >= 0.3 is 0 Å². The fraction of sp³-hybridized carbons (Fsp3) is 0.278. The van der Waals surface area contributed by atoms with Gasteiger partial charge in [-0.1, -0.05) is 47.7 Å². The molecule has 0 aliphatic heterocycles. The van der Waals surface area contributed by atoms with E-state index in [-0.39, 0.29) is 6.61 Å². The molecule has 130 valence electrons. The van der Waals surface area contributed by atoms with Gasteiger partial charge in [-0.15, -0.1) is 5.10 Å². The zero-order valence-electron chi connectivity index (χ0n) is 14.2. The zero-order valence-corrected chi connectivity index (χ0v) is 15.0. The van der Waals surface area contributed by atoms with Crippen LogP contribution in [0.4, 0.5) is 0 Å². The Bertz CT molecular complexity index is 820. The minimum atomic E-state index is -0.617. The smallest absolute Gasteiger partial charge is 0.214 e. The maximum atomic E-state index is 10.2. The van der Waals surface area contributed by atoms with Crippen LogP contribution >= 0.6 is 11.8 Å². The van der Waals surface area contributed by atoms with Gasteiger partial charge in [-0.25, -0.2) is 0 Å². The van der Waals surface area contributed by atoms with Crippen molar-refractivity contribution in [1.82, 2.24) is 20.2 Å². The summed E-state index contributed by atoms with van der Waals surface area (Å²) in [4.78, 5) is 0. The Morgan fingerprint density at radius 3 is 2.64 bits per heavy atom. The van der Waals surface area contributed by atoms with Gasteiger partial charge in [0.05, 0.1) is 11.8 Å². The number of benzene rings is 2. The Kier molecular flexibility index (Phi) is 5.67. The number of aryl methyl sites for hydroxylation is 2. The van der Waals surface area contributed by atoms with Crippen molar-refractivity contribution in [2.24, 2.45) is 0 Å². The number of aliphatic hydroxyl groups excluding tert-OH is 1. The normalized spacial score (nSPS) is 12.1. The first-order valence-corrected chi connectivity index (χ1v) is 8.97. The Hall–Kier alpha value is -2.38. The highest BCUT2D eigenvalue weighted by molar-refractivity contribution is 7.99. The largest absolute Gasteiger partial charge is 0.491 e. The van der Waals surface area contributed by atoms with Gasteiger partial charge in [0.2, 0.25) is 5.16 Å². The number of ether oxygens (including phenoxy) is 1. The van der Waals surface area contributed by atoms with Crippen LogP contribution in [0.25, 0.3) is 5.69 Å². The monoisotopic (exact) mass is 356 g/mol. The number of hydrogen-bond donors (Lipinski definition) is 1. The molecule has 3 aromatic rings. The topological polar surface area (TPSA) is 73.1 Å². The fourth-order valence-electron chi connectivity index (χ4n) is 2.27. The number of para-hydroxylation sites is 1. The lowest BCUT2D eigenvalue weighted by molar-refractivity contribution is 0.126. The molecule has 1 N–H and O–H groups in total. The van der Waals surface area contributed by atoms with E-state index < -0.39 is 6.10 Å². The quantitative estimate of drug-likeness (QED) is 0.656. The van der Waals surface area contributed by atoms with Crippen molar-refractivity contribution in [1.29, 1.82) is 0 Å². The number of aliphatic hydroxyl groups is 1. The van der Waals surface area contributed by atoms with E-state index in [0.29, 0.717) is 10.9 Å². The van der Waals surface area contributed by atoms with Crippen LogP contribution in [0, 0.1) is 13.8 Å². The van der Waals surface area contributed by atoms with Crippen molar-refractivity contribution >= 4 is 11.8 Å². The third-order valence-corrected chi connectivity index (χ3v) is 4.72. The van der Waals surface area contributed by atoms with Gasteiger partial charge in [-0.2, -0.15) is 4.68 Å². The van der Waals surface area contributed by atoms with Crippen LogP contribution in [0.3, 0.4) is 0 Å². The molecule has 1 heterocycles. The lowest BCUT2D eigenvalue weighted by Gasteiger charge is -2.12. The number of tetrazole rings is 1. The molecule has 1 aromatic heterocycles. The molecule has 0 bridgehead atoms. The van der Waals surface area contributed by atoms with Crippen molar-refractivity contribution in [3.8, 4) is 11.4 Å². The van der Waals surface area contributed by atoms with Crippen LogP contribution in [-0.2, 0) is 0 Å². The van der Waals surface area contributed by atoms with E-state index in [4.69, 9.17) is 4.74 Å². The standard InChI is InChI=1S/C18H20N4O2S/c1-13-7-9-16(10-8-13)24-11-15(23)12-25-18-19-20-21-22(18)17-6-4-3-5-14(17)2/h3-10,15,23H,11-12H2,1-2H3/t15-/m1/s1. The molecule has 0 radical (unpaired) electrons. The molecule has 2 aromatic carbocycles. The molecule has 7 heteroatoms. The first-order valence-electron chi connectivity index (χ1n) is 7.98. The molecule has 6 nitrogen and oxygen atoms in total. The molecule has 0 saturated heterocycles. The SMILES string of the molecule is Cc1ccc(OC[C@@H](O)CSc2nnnn2-c2ccccc2C)cc1. The molecule has 3 rings (SSSR count). The van der Waals surface area contributed by atoms with Gasteiger partial charge in [-0.05, 0) is 48.0 Å².